The largest absolute Gasteiger partial charge is 0.447 e. The number of halogens is 2. The molecule has 1 unspecified atom stereocenters. The highest BCUT2D eigenvalue weighted by atomic mass is 19.1. The Balaban J connectivity index is 1.92. The summed E-state index contributed by atoms with van der Waals surface area (Å²) in [5.74, 6) is -2.47. The van der Waals surface area contributed by atoms with Gasteiger partial charge in [-0.15, -0.1) is 0 Å². The zero-order chi connectivity index (χ0) is 17.3. The van der Waals surface area contributed by atoms with Gasteiger partial charge in [-0.05, 0) is 17.7 Å². The van der Waals surface area contributed by atoms with E-state index in [9.17, 15) is 18.7 Å². The number of carbonyl (C=O) groups excluding carboxylic acids is 1. The third kappa shape index (κ3) is 2.85. The molecule has 1 fully saturated rings. The molecule has 2 aromatic rings. The molecule has 24 heavy (non-hydrogen) atoms. The van der Waals surface area contributed by atoms with E-state index in [1.165, 1.54) is 13.0 Å². The molecule has 0 bridgehead atoms. The van der Waals surface area contributed by atoms with Crippen LogP contribution in [0.4, 0.5) is 13.6 Å². The van der Waals surface area contributed by atoms with Crippen molar-refractivity contribution in [3.05, 3.63) is 71.3 Å². The molecule has 1 heterocycles. The summed E-state index contributed by atoms with van der Waals surface area (Å²) in [5.41, 5.74) is 0.528. The first-order valence-electron chi connectivity index (χ1n) is 7.62. The summed E-state index contributed by atoms with van der Waals surface area (Å²) in [7, 11) is 0. The molecule has 1 saturated heterocycles. The standard InChI is InChI=1S/C18H17F2NO3/c1-11(16-13(19)8-5-9-14(16)20)17(22)21-15(10-24-18(21)23)12-6-3-2-4-7-12/h2-9,11,15,17,22H,10H2,1H3/t11-,15-,17?/m1/s1. The van der Waals surface area contributed by atoms with E-state index in [1.807, 2.05) is 18.2 Å². The monoisotopic (exact) mass is 333 g/mol. The second-order valence-corrected chi connectivity index (χ2v) is 5.75. The summed E-state index contributed by atoms with van der Waals surface area (Å²) in [5, 5.41) is 10.6. The molecular weight excluding hydrogens is 316 g/mol. The van der Waals surface area contributed by atoms with Crippen LogP contribution in [0.25, 0.3) is 0 Å². The van der Waals surface area contributed by atoms with Gasteiger partial charge in [-0.1, -0.05) is 43.3 Å². The number of hydrogen-bond donors (Lipinski definition) is 1. The van der Waals surface area contributed by atoms with Crippen LogP contribution in [0.2, 0.25) is 0 Å². The fourth-order valence-corrected chi connectivity index (χ4v) is 2.99. The minimum Gasteiger partial charge on any atom is -0.447 e. The number of aliphatic hydroxyl groups excluding tert-OH is 1. The first kappa shape index (κ1) is 16.4. The van der Waals surface area contributed by atoms with Crippen molar-refractivity contribution in [2.45, 2.75) is 25.1 Å². The smallest absolute Gasteiger partial charge is 0.412 e. The van der Waals surface area contributed by atoms with Gasteiger partial charge in [0.2, 0.25) is 0 Å². The Morgan fingerprint density at radius 1 is 1.12 bits per heavy atom. The zero-order valence-electron chi connectivity index (χ0n) is 13.0. The molecule has 0 spiro atoms. The molecule has 0 radical (unpaired) electrons. The van der Waals surface area contributed by atoms with Crippen molar-refractivity contribution in [1.82, 2.24) is 4.90 Å². The Hall–Kier alpha value is -2.47. The van der Waals surface area contributed by atoms with Crippen molar-refractivity contribution in [3.63, 3.8) is 0 Å². The molecule has 2 aromatic carbocycles. The molecule has 0 saturated carbocycles. The summed E-state index contributed by atoms with van der Waals surface area (Å²) in [6.45, 7) is 1.55. The molecule has 1 aliphatic rings. The van der Waals surface area contributed by atoms with Gasteiger partial charge in [-0.2, -0.15) is 0 Å². The lowest BCUT2D eigenvalue weighted by Crippen LogP contribution is -2.41. The third-order valence-electron chi connectivity index (χ3n) is 4.28. The molecule has 0 aromatic heterocycles. The van der Waals surface area contributed by atoms with Gasteiger partial charge in [0.05, 0.1) is 6.04 Å². The number of carbonyl (C=O) groups is 1. The first-order chi connectivity index (χ1) is 11.5. The molecule has 4 nitrogen and oxygen atoms in total. The molecule has 1 aliphatic heterocycles. The molecule has 126 valence electrons. The van der Waals surface area contributed by atoms with Gasteiger partial charge < -0.3 is 9.84 Å². The van der Waals surface area contributed by atoms with E-state index >= 15 is 0 Å². The maximum Gasteiger partial charge on any atom is 0.412 e. The summed E-state index contributed by atoms with van der Waals surface area (Å²) in [6.07, 6.45) is -2.13. The Bertz CT molecular complexity index is 718. The third-order valence-corrected chi connectivity index (χ3v) is 4.28. The summed E-state index contributed by atoms with van der Waals surface area (Å²) in [4.78, 5) is 13.2. The fraction of sp³-hybridized carbons (Fsp3) is 0.278. The Morgan fingerprint density at radius 3 is 2.38 bits per heavy atom. The molecule has 3 rings (SSSR count). The van der Waals surface area contributed by atoms with Crippen LogP contribution in [0.15, 0.2) is 48.5 Å². The second kappa shape index (κ2) is 6.57. The van der Waals surface area contributed by atoms with Gasteiger partial charge in [-0.25, -0.2) is 13.6 Å². The van der Waals surface area contributed by atoms with Crippen LogP contribution in [0.3, 0.4) is 0 Å². The van der Waals surface area contributed by atoms with E-state index in [0.717, 1.165) is 22.6 Å². The van der Waals surface area contributed by atoms with Crippen molar-refractivity contribution in [3.8, 4) is 0 Å². The fourth-order valence-electron chi connectivity index (χ4n) is 2.99. The van der Waals surface area contributed by atoms with Crippen LogP contribution in [0.5, 0.6) is 0 Å². The lowest BCUT2D eigenvalue weighted by Gasteiger charge is -2.31. The summed E-state index contributed by atoms with van der Waals surface area (Å²) in [6, 6.07) is 12.1. The van der Waals surface area contributed by atoms with Crippen molar-refractivity contribution in [1.29, 1.82) is 0 Å². The number of amides is 1. The number of nitrogens with zero attached hydrogens (tertiary/aromatic N) is 1. The van der Waals surface area contributed by atoms with Gasteiger partial charge in [0.1, 0.15) is 24.5 Å². The van der Waals surface area contributed by atoms with Gasteiger partial charge in [-0.3, -0.25) is 4.90 Å². The summed E-state index contributed by atoms with van der Waals surface area (Å²) < 4.78 is 33.0. The van der Waals surface area contributed by atoms with E-state index in [2.05, 4.69) is 0 Å². The van der Waals surface area contributed by atoms with Crippen LogP contribution >= 0.6 is 0 Å². The maximum atomic E-state index is 14.0. The number of rotatable bonds is 4. The molecule has 3 atom stereocenters. The SMILES string of the molecule is C[C@H](c1c(F)cccc1F)C(O)N1C(=O)OC[C@@H]1c1ccccc1. The minimum atomic E-state index is -1.42. The highest BCUT2D eigenvalue weighted by Gasteiger charge is 2.41. The predicted molar refractivity (Wildman–Crippen MR) is 83.1 cm³/mol. The molecule has 6 heteroatoms. The lowest BCUT2D eigenvalue weighted by molar-refractivity contribution is 0.000976. The average Bonchev–Trinajstić information content (AvgIpc) is 2.96. The zero-order valence-corrected chi connectivity index (χ0v) is 13.0. The predicted octanol–water partition coefficient (Wildman–Crippen LogP) is 3.58. The number of cyclic esters (lactones) is 1. The molecule has 0 aliphatic carbocycles. The maximum absolute atomic E-state index is 14.0. The normalized spacial score (nSPS) is 19.9. The molecule has 1 N–H and O–H groups in total. The van der Waals surface area contributed by atoms with Crippen molar-refractivity contribution in [2.75, 3.05) is 6.61 Å². The van der Waals surface area contributed by atoms with Crippen LogP contribution in [0, 0.1) is 11.6 Å². The van der Waals surface area contributed by atoms with Gasteiger partial charge in [0, 0.05) is 11.5 Å². The van der Waals surface area contributed by atoms with Crippen LogP contribution in [-0.2, 0) is 4.74 Å². The molecular formula is C18H17F2NO3. The van der Waals surface area contributed by atoms with Crippen LogP contribution in [-0.4, -0.2) is 28.9 Å². The quantitative estimate of drug-likeness (QED) is 0.930. The number of ether oxygens (including phenoxy) is 1. The second-order valence-electron chi connectivity index (χ2n) is 5.75. The van der Waals surface area contributed by atoms with E-state index in [-0.39, 0.29) is 12.2 Å². The highest BCUT2D eigenvalue weighted by molar-refractivity contribution is 5.71. The van der Waals surface area contributed by atoms with Gasteiger partial charge in [0.15, 0.2) is 0 Å². The van der Waals surface area contributed by atoms with E-state index in [4.69, 9.17) is 4.74 Å². The van der Waals surface area contributed by atoms with E-state index in [1.54, 1.807) is 12.1 Å². The first-order valence-corrected chi connectivity index (χ1v) is 7.62. The topological polar surface area (TPSA) is 49.8 Å². The average molecular weight is 333 g/mol. The Labute approximate surface area is 138 Å². The number of benzene rings is 2. The minimum absolute atomic E-state index is 0.0758. The Morgan fingerprint density at radius 2 is 1.75 bits per heavy atom. The summed E-state index contributed by atoms with van der Waals surface area (Å²) >= 11 is 0. The van der Waals surface area contributed by atoms with E-state index in [0.29, 0.717) is 0 Å². The van der Waals surface area contributed by atoms with Gasteiger partial charge in [0.25, 0.3) is 0 Å². The van der Waals surface area contributed by atoms with E-state index < -0.39 is 35.9 Å². The number of hydrogen-bond acceptors (Lipinski definition) is 3. The highest BCUT2D eigenvalue weighted by Crippen LogP contribution is 2.35. The van der Waals surface area contributed by atoms with Crippen molar-refractivity contribution in [2.24, 2.45) is 0 Å². The van der Waals surface area contributed by atoms with Gasteiger partial charge >= 0.3 is 6.09 Å². The van der Waals surface area contributed by atoms with Crippen molar-refractivity contribution < 1.29 is 23.4 Å². The van der Waals surface area contributed by atoms with Crippen molar-refractivity contribution >= 4 is 6.09 Å². The number of aliphatic hydroxyl groups is 1. The van der Waals surface area contributed by atoms with Crippen LogP contribution in [0.1, 0.15) is 30.0 Å². The Kier molecular flexibility index (Phi) is 4.49. The van der Waals surface area contributed by atoms with Crippen LogP contribution < -0.4 is 0 Å². The molecule has 1 amide bonds. The lowest BCUT2D eigenvalue weighted by atomic mass is 9.96.